The van der Waals surface area contributed by atoms with Crippen molar-refractivity contribution in [3.8, 4) is 0 Å². The van der Waals surface area contributed by atoms with Crippen LogP contribution in [0.3, 0.4) is 0 Å². The van der Waals surface area contributed by atoms with Crippen LogP contribution in [0.2, 0.25) is 0 Å². The predicted molar refractivity (Wildman–Crippen MR) is 58.1 cm³/mol. The number of carbonyl (C=O) groups is 1. The molecule has 1 amide bonds. The molecule has 4 nitrogen and oxygen atoms in total. The van der Waals surface area contributed by atoms with Crippen LogP contribution < -0.4 is 11.1 Å². The third-order valence-electron chi connectivity index (χ3n) is 1.93. The van der Waals surface area contributed by atoms with Gasteiger partial charge in [0.25, 0.3) is 0 Å². The number of aromatic nitrogens is 1. The molecule has 0 saturated heterocycles. The van der Waals surface area contributed by atoms with Crippen molar-refractivity contribution in [2.24, 2.45) is 0 Å². The lowest BCUT2D eigenvalue weighted by Gasteiger charge is -2.09. The molecule has 0 saturated carbocycles. The molecule has 0 bridgehead atoms. The number of anilines is 1. The highest BCUT2D eigenvalue weighted by Gasteiger charge is 2.08. The third kappa shape index (κ3) is 3.33. The van der Waals surface area contributed by atoms with Gasteiger partial charge in [-0.25, -0.2) is 4.98 Å². The number of hydrogen-bond acceptors (Lipinski definition) is 4. The van der Waals surface area contributed by atoms with Crippen LogP contribution in [0.4, 0.5) is 5.13 Å². The summed E-state index contributed by atoms with van der Waals surface area (Å²) in [5, 5.41) is 5.19. The highest BCUT2D eigenvalue weighted by Crippen LogP contribution is 2.11. The molecule has 1 unspecified atom stereocenters. The number of rotatable bonds is 4. The third-order valence-corrected chi connectivity index (χ3v) is 2.65. The Morgan fingerprint density at radius 3 is 3.00 bits per heavy atom. The van der Waals surface area contributed by atoms with Gasteiger partial charge in [0.15, 0.2) is 5.13 Å². The van der Waals surface area contributed by atoms with Crippen LogP contribution in [0.1, 0.15) is 26.0 Å². The fourth-order valence-corrected chi connectivity index (χ4v) is 1.56. The molecular weight excluding hydrogens is 198 g/mol. The fourth-order valence-electron chi connectivity index (χ4n) is 0.996. The average molecular weight is 213 g/mol. The van der Waals surface area contributed by atoms with Crippen LogP contribution in [0.5, 0.6) is 0 Å². The summed E-state index contributed by atoms with van der Waals surface area (Å²) >= 11 is 1.36. The molecule has 0 fully saturated rings. The lowest BCUT2D eigenvalue weighted by Crippen LogP contribution is -2.33. The minimum Gasteiger partial charge on any atom is -0.375 e. The summed E-state index contributed by atoms with van der Waals surface area (Å²) in [6.07, 6.45) is 1.25. The highest BCUT2D eigenvalue weighted by molar-refractivity contribution is 7.13. The second-order valence-corrected chi connectivity index (χ2v) is 4.12. The molecule has 3 N–H and O–H groups in total. The minimum absolute atomic E-state index is 0.00431. The fraction of sp³-hybridized carbons (Fsp3) is 0.556. The van der Waals surface area contributed by atoms with E-state index in [1.165, 1.54) is 11.3 Å². The second kappa shape index (κ2) is 4.95. The molecule has 1 atom stereocenters. The molecule has 1 aromatic heterocycles. The van der Waals surface area contributed by atoms with Crippen LogP contribution in [0.15, 0.2) is 5.38 Å². The smallest absolute Gasteiger partial charge is 0.226 e. The van der Waals surface area contributed by atoms with Gasteiger partial charge in [0, 0.05) is 11.4 Å². The summed E-state index contributed by atoms with van der Waals surface area (Å²) < 4.78 is 0. The number of nitrogen functional groups attached to an aromatic ring is 1. The van der Waals surface area contributed by atoms with Gasteiger partial charge < -0.3 is 11.1 Å². The van der Waals surface area contributed by atoms with Crippen LogP contribution >= 0.6 is 11.3 Å². The largest absolute Gasteiger partial charge is 0.375 e. The van der Waals surface area contributed by atoms with Crippen molar-refractivity contribution in [2.75, 3.05) is 5.73 Å². The Morgan fingerprint density at radius 2 is 2.50 bits per heavy atom. The van der Waals surface area contributed by atoms with E-state index in [4.69, 9.17) is 5.73 Å². The lowest BCUT2D eigenvalue weighted by molar-refractivity contribution is -0.121. The van der Waals surface area contributed by atoms with E-state index in [9.17, 15) is 4.79 Å². The maximum Gasteiger partial charge on any atom is 0.226 e. The molecule has 0 spiro atoms. The molecule has 0 aliphatic carbocycles. The van der Waals surface area contributed by atoms with Crippen molar-refractivity contribution >= 4 is 22.4 Å². The van der Waals surface area contributed by atoms with Crippen LogP contribution in [-0.2, 0) is 11.2 Å². The van der Waals surface area contributed by atoms with Gasteiger partial charge >= 0.3 is 0 Å². The Kier molecular flexibility index (Phi) is 3.88. The van der Waals surface area contributed by atoms with Crippen molar-refractivity contribution in [3.05, 3.63) is 11.1 Å². The summed E-state index contributed by atoms with van der Waals surface area (Å²) in [4.78, 5) is 15.4. The molecule has 78 valence electrons. The number of thiazole rings is 1. The van der Waals surface area contributed by atoms with E-state index >= 15 is 0 Å². The standard InChI is InChI=1S/C9H15N3OS/c1-3-6(2)11-8(13)4-7-5-14-9(10)12-7/h5-6H,3-4H2,1-2H3,(H2,10,12)(H,11,13). The zero-order valence-electron chi connectivity index (χ0n) is 8.41. The zero-order valence-corrected chi connectivity index (χ0v) is 9.23. The normalized spacial score (nSPS) is 12.4. The zero-order chi connectivity index (χ0) is 10.6. The molecule has 0 aliphatic heterocycles. The molecular formula is C9H15N3OS. The number of hydrogen-bond donors (Lipinski definition) is 2. The Bertz CT molecular complexity index is 311. The summed E-state index contributed by atoms with van der Waals surface area (Å²) in [6.45, 7) is 4.01. The first-order valence-corrected chi connectivity index (χ1v) is 5.49. The van der Waals surface area contributed by atoms with Gasteiger partial charge in [-0.3, -0.25) is 4.79 Å². The van der Waals surface area contributed by atoms with Gasteiger partial charge in [0.1, 0.15) is 0 Å². The summed E-state index contributed by atoms with van der Waals surface area (Å²) in [7, 11) is 0. The first kappa shape index (κ1) is 11.0. The first-order chi connectivity index (χ1) is 6.61. The number of nitrogens with one attached hydrogen (secondary N) is 1. The predicted octanol–water partition coefficient (Wildman–Crippen LogP) is 1.18. The Labute approximate surface area is 87.5 Å². The number of nitrogens with two attached hydrogens (primary N) is 1. The van der Waals surface area contributed by atoms with E-state index in [0.29, 0.717) is 11.6 Å². The monoisotopic (exact) mass is 213 g/mol. The van der Waals surface area contributed by atoms with E-state index in [2.05, 4.69) is 10.3 Å². The summed E-state index contributed by atoms with van der Waals surface area (Å²) in [6, 6.07) is 0.221. The molecule has 1 heterocycles. The molecule has 0 radical (unpaired) electrons. The molecule has 0 aliphatic rings. The van der Waals surface area contributed by atoms with Crippen LogP contribution in [-0.4, -0.2) is 16.9 Å². The molecule has 14 heavy (non-hydrogen) atoms. The van der Waals surface area contributed by atoms with Crippen molar-refractivity contribution in [2.45, 2.75) is 32.7 Å². The number of amides is 1. The molecule has 1 rings (SSSR count). The van der Waals surface area contributed by atoms with E-state index in [1.807, 2.05) is 19.2 Å². The van der Waals surface area contributed by atoms with Gasteiger partial charge in [-0.1, -0.05) is 6.92 Å². The second-order valence-electron chi connectivity index (χ2n) is 3.23. The van der Waals surface area contributed by atoms with Crippen LogP contribution in [0, 0.1) is 0 Å². The highest BCUT2D eigenvalue weighted by atomic mass is 32.1. The Balaban J connectivity index is 2.41. The van der Waals surface area contributed by atoms with Gasteiger partial charge in [-0.15, -0.1) is 11.3 Å². The number of nitrogens with zero attached hydrogens (tertiary/aromatic N) is 1. The summed E-state index contributed by atoms with van der Waals surface area (Å²) in [5.74, 6) is 0.00431. The van der Waals surface area contributed by atoms with Crippen molar-refractivity contribution in [1.29, 1.82) is 0 Å². The molecule has 1 aromatic rings. The van der Waals surface area contributed by atoms with Gasteiger partial charge in [0.2, 0.25) is 5.91 Å². The van der Waals surface area contributed by atoms with Crippen LogP contribution in [0.25, 0.3) is 0 Å². The maximum atomic E-state index is 11.4. The van der Waals surface area contributed by atoms with Gasteiger partial charge in [-0.2, -0.15) is 0 Å². The van der Waals surface area contributed by atoms with Crippen molar-refractivity contribution in [3.63, 3.8) is 0 Å². The van der Waals surface area contributed by atoms with E-state index < -0.39 is 0 Å². The minimum atomic E-state index is 0.00431. The lowest BCUT2D eigenvalue weighted by atomic mass is 10.2. The maximum absolute atomic E-state index is 11.4. The Morgan fingerprint density at radius 1 is 1.79 bits per heavy atom. The van der Waals surface area contributed by atoms with Gasteiger partial charge in [0.05, 0.1) is 12.1 Å². The van der Waals surface area contributed by atoms with Gasteiger partial charge in [-0.05, 0) is 13.3 Å². The SMILES string of the molecule is CCC(C)NC(=O)Cc1csc(N)n1. The number of carbonyl (C=O) groups excluding carboxylic acids is 1. The van der Waals surface area contributed by atoms with Crippen molar-refractivity contribution in [1.82, 2.24) is 10.3 Å². The summed E-state index contributed by atoms with van der Waals surface area (Å²) in [5.41, 5.74) is 6.20. The quantitative estimate of drug-likeness (QED) is 0.789. The van der Waals surface area contributed by atoms with Crippen molar-refractivity contribution < 1.29 is 4.79 Å². The average Bonchev–Trinajstić information content (AvgIpc) is 2.50. The van der Waals surface area contributed by atoms with E-state index in [-0.39, 0.29) is 11.9 Å². The molecule has 5 heteroatoms. The van der Waals surface area contributed by atoms with E-state index in [1.54, 1.807) is 0 Å². The van der Waals surface area contributed by atoms with E-state index in [0.717, 1.165) is 12.1 Å². The first-order valence-electron chi connectivity index (χ1n) is 4.61. The Hall–Kier alpha value is -1.10. The topological polar surface area (TPSA) is 68.0 Å². The molecule has 0 aromatic carbocycles.